The molecular formula is C23H31N5O3. The van der Waals surface area contributed by atoms with Gasteiger partial charge in [-0.2, -0.15) is 5.10 Å². The summed E-state index contributed by atoms with van der Waals surface area (Å²) in [6.45, 7) is 8.22. The molecule has 0 saturated carbocycles. The molecule has 2 fully saturated rings. The maximum absolute atomic E-state index is 12.8. The van der Waals surface area contributed by atoms with Crippen LogP contribution in [0.25, 0.3) is 5.69 Å². The number of nitrogens with one attached hydrogen (secondary N) is 1. The standard InChI is InChI=1S/C23H31N5O3/c1-17-5-7-20(8-6-17)28-21(14-18(2)25-28)24-22(29)16-26-9-3-4-19(15-26)23(30)27-10-12-31-13-11-27/h5-8,14,19H,3-4,9-13,15-16H2,1-2H3,(H,24,29). The largest absolute Gasteiger partial charge is 0.378 e. The van der Waals surface area contributed by atoms with Gasteiger partial charge in [0.1, 0.15) is 5.82 Å². The molecule has 2 aliphatic heterocycles. The average molecular weight is 426 g/mol. The molecule has 0 spiro atoms. The van der Waals surface area contributed by atoms with Crippen molar-refractivity contribution in [3.05, 3.63) is 41.6 Å². The van der Waals surface area contributed by atoms with Gasteiger partial charge in [0.05, 0.1) is 37.1 Å². The van der Waals surface area contributed by atoms with Crippen LogP contribution in [0.3, 0.4) is 0 Å². The van der Waals surface area contributed by atoms with Crippen molar-refractivity contribution in [1.29, 1.82) is 0 Å². The third-order valence-electron chi connectivity index (χ3n) is 5.92. The van der Waals surface area contributed by atoms with E-state index in [1.54, 1.807) is 4.68 Å². The number of anilines is 1. The number of likely N-dealkylation sites (tertiary alicyclic amines) is 1. The van der Waals surface area contributed by atoms with Crippen molar-refractivity contribution >= 4 is 17.6 Å². The summed E-state index contributed by atoms with van der Waals surface area (Å²) in [4.78, 5) is 29.6. The Morgan fingerprint density at radius 1 is 1.13 bits per heavy atom. The van der Waals surface area contributed by atoms with Gasteiger partial charge in [0.15, 0.2) is 0 Å². The zero-order valence-corrected chi connectivity index (χ0v) is 18.3. The van der Waals surface area contributed by atoms with E-state index in [9.17, 15) is 9.59 Å². The molecule has 2 aliphatic rings. The fraction of sp³-hybridized carbons (Fsp3) is 0.522. The van der Waals surface area contributed by atoms with Crippen LogP contribution in [0.15, 0.2) is 30.3 Å². The molecule has 4 rings (SSSR count). The Hall–Kier alpha value is -2.71. The Bertz CT molecular complexity index is 918. The maximum atomic E-state index is 12.8. The molecule has 3 heterocycles. The van der Waals surface area contributed by atoms with Crippen LogP contribution in [0.4, 0.5) is 5.82 Å². The van der Waals surface area contributed by atoms with Crippen molar-refractivity contribution in [3.63, 3.8) is 0 Å². The number of aromatic nitrogens is 2. The van der Waals surface area contributed by atoms with Crippen LogP contribution in [0.5, 0.6) is 0 Å². The van der Waals surface area contributed by atoms with E-state index in [0.717, 1.165) is 30.8 Å². The molecule has 2 aromatic rings. The number of hydrogen-bond donors (Lipinski definition) is 1. The average Bonchev–Trinajstić information content (AvgIpc) is 3.14. The van der Waals surface area contributed by atoms with Crippen molar-refractivity contribution < 1.29 is 14.3 Å². The summed E-state index contributed by atoms with van der Waals surface area (Å²) in [6, 6.07) is 9.90. The van der Waals surface area contributed by atoms with Crippen LogP contribution in [0.1, 0.15) is 24.1 Å². The first-order chi connectivity index (χ1) is 15.0. The van der Waals surface area contributed by atoms with Crippen molar-refractivity contribution in [3.8, 4) is 5.69 Å². The predicted octanol–water partition coefficient (Wildman–Crippen LogP) is 2.00. The summed E-state index contributed by atoms with van der Waals surface area (Å²) in [5.41, 5.74) is 2.91. The lowest BCUT2D eigenvalue weighted by molar-refractivity contribution is -0.141. The van der Waals surface area contributed by atoms with Gasteiger partial charge < -0.3 is 15.0 Å². The summed E-state index contributed by atoms with van der Waals surface area (Å²) < 4.78 is 7.11. The van der Waals surface area contributed by atoms with E-state index in [2.05, 4.69) is 15.3 Å². The fourth-order valence-corrected chi connectivity index (χ4v) is 4.30. The minimum absolute atomic E-state index is 0.0417. The number of nitrogens with zero attached hydrogens (tertiary/aromatic N) is 4. The molecule has 166 valence electrons. The van der Waals surface area contributed by atoms with E-state index in [-0.39, 0.29) is 24.3 Å². The fourth-order valence-electron chi connectivity index (χ4n) is 4.30. The zero-order chi connectivity index (χ0) is 21.8. The molecule has 1 N–H and O–H groups in total. The Labute approximate surface area is 183 Å². The Morgan fingerprint density at radius 2 is 1.87 bits per heavy atom. The van der Waals surface area contributed by atoms with Gasteiger partial charge in [0.2, 0.25) is 11.8 Å². The summed E-state index contributed by atoms with van der Waals surface area (Å²) in [5.74, 6) is 0.721. The lowest BCUT2D eigenvalue weighted by atomic mass is 9.96. The molecule has 1 atom stereocenters. The highest BCUT2D eigenvalue weighted by Crippen LogP contribution is 2.21. The summed E-state index contributed by atoms with van der Waals surface area (Å²) in [5, 5.41) is 7.53. The van der Waals surface area contributed by atoms with E-state index in [1.165, 1.54) is 5.56 Å². The minimum atomic E-state index is -0.0901. The van der Waals surface area contributed by atoms with Gasteiger partial charge in [0, 0.05) is 25.7 Å². The lowest BCUT2D eigenvalue weighted by Crippen LogP contribution is -2.49. The number of amides is 2. The van der Waals surface area contributed by atoms with Crippen molar-refractivity contribution in [2.24, 2.45) is 5.92 Å². The molecule has 0 bridgehead atoms. The molecule has 1 aromatic carbocycles. The molecule has 1 aromatic heterocycles. The van der Waals surface area contributed by atoms with Crippen LogP contribution in [-0.4, -0.2) is 77.3 Å². The first-order valence-corrected chi connectivity index (χ1v) is 11.0. The summed E-state index contributed by atoms with van der Waals surface area (Å²) >= 11 is 0. The number of ether oxygens (including phenoxy) is 1. The smallest absolute Gasteiger partial charge is 0.239 e. The van der Waals surface area contributed by atoms with Gasteiger partial charge >= 0.3 is 0 Å². The predicted molar refractivity (Wildman–Crippen MR) is 118 cm³/mol. The second kappa shape index (κ2) is 9.62. The maximum Gasteiger partial charge on any atom is 0.239 e. The van der Waals surface area contributed by atoms with E-state index in [0.29, 0.717) is 38.7 Å². The Balaban J connectivity index is 1.36. The van der Waals surface area contributed by atoms with Crippen LogP contribution in [-0.2, 0) is 14.3 Å². The number of benzene rings is 1. The number of aryl methyl sites for hydroxylation is 2. The first-order valence-electron chi connectivity index (χ1n) is 11.0. The molecule has 0 aliphatic carbocycles. The van der Waals surface area contributed by atoms with Crippen LogP contribution >= 0.6 is 0 Å². The normalized spacial score (nSPS) is 19.9. The second-order valence-electron chi connectivity index (χ2n) is 8.48. The van der Waals surface area contributed by atoms with Gasteiger partial charge in [0.25, 0.3) is 0 Å². The van der Waals surface area contributed by atoms with Crippen molar-refractivity contribution in [1.82, 2.24) is 19.6 Å². The van der Waals surface area contributed by atoms with Crippen LogP contribution in [0, 0.1) is 19.8 Å². The van der Waals surface area contributed by atoms with Gasteiger partial charge in [-0.1, -0.05) is 17.7 Å². The topological polar surface area (TPSA) is 79.7 Å². The molecule has 2 saturated heterocycles. The molecule has 0 radical (unpaired) electrons. The lowest BCUT2D eigenvalue weighted by Gasteiger charge is -2.35. The zero-order valence-electron chi connectivity index (χ0n) is 18.3. The monoisotopic (exact) mass is 425 g/mol. The summed E-state index contributed by atoms with van der Waals surface area (Å²) in [7, 11) is 0. The van der Waals surface area contributed by atoms with Crippen LogP contribution < -0.4 is 5.32 Å². The minimum Gasteiger partial charge on any atom is -0.378 e. The van der Waals surface area contributed by atoms with E-state index in [1.807, 2.05) is 49.1 Å². The molecular weight excluding hydrogens is 394 g/mol. The highest BCUT2D eigenvalue weighted by molar-refractivity contribution is 5.92. The number of piperidine rings is 1. The van der Waals surface area contributed by atoms with Crippen molar-refractivity contribution in [2.75, 3.05) is 51.3 Å². The Morgan fingerprint density at radius 3 is 2.61 bits per heavy atom. The SMILES string of the molecule is Cc1ccc(-n2nc(C)cc2NC(=O)CN2CCCC(C(=O)N3CCOCC3)C2)cc1. The van der Waals surface area contributed by atoms with Gasteiger partial charge in [-0.15, -0.1) is 0 Å². The number of hydrogen-bond acceptors (Lipinski definition) is 5. The van der Waals surface area contributed by atoms with Gasteiger partial charge in [-0.25, -0.2) is 4.68 Å². The quantitative estimate of drug-likeness (QED) is 0.793. The van der Waals surface area contributed by atoms with E-state index < -0.39 is 0 Å². The third-order valence-corrected chi connectivity index (χ3v) is 5.92. The molecule has 31 heavy (non-hydrogen) atoms. The number of carbonyl (C=O) groups excluding carboxylic acids is 2. The highest BCUT2D eigenvalue weighted by Gasteiger charge is 2.30. The number of morpholine rings is 1. The molecule has 8 nitrogen and oxygen atoms in total. The highest BCUT2D eigenvalue weighted by atomic mass is 16.5. The van der Waals surface area contributed by atoms with Crippen LogP contribution in [0.2, 0.25) is 0 Å². The van der Waals surface area contributed by atoms with E-state index >= 15 is 0 Å². The number of carbonyl (C=O) groups is 2. The van der Waals surface area contributed by atoms with Crippen molar-refractivity contribution in [2.45, 2.75) is 26.7 Å². The van der Waals surface area contributed by atoms with E-state index in [4.69, 9.17) is 4.74 Å². The summed E-state index contributed by atoms with van der Waals surface area (Å²) in [6.07, 6.45) is 1.81. The third kappa shape index (κ3) is 5.32. The Kier molecular flexibility index (Phi) is 6.67. The molecule has 2 amide bonds. The second-order valence-corrected chi connectivity index (χ2v) is 8.48. The van der Waals surface area contributed by atoms with Gasteiger partial charge in [-0.3, -0.25) is 14.5 Å². The number of rotatable bonds is 5. The van der Waals surface area contributed by atoms with Gasteiger partial charge in [-0.05, 0) is 45.4 Å². The molecule has 8 heteroatoms. The first kappa shape index (κ1) is 21.5. The molecule has 1 unspecified atom stereocenters.